The number of amides is 1. The second kappa shape index (κ2) is 6.02. The molecule has 1 saturated heterocycles. The van der Waals surface area contributed by atoms with Crippen molar-refractivity contribution in [1.29, 1.82) is 0 Å². The summed E-state index contributed by atoms with van der Waals surface area (Å²) in [5.74, 6) is 0.264. The van der Waals surface area contributed by atoms with Crippen LogP contribution in [0.5, 0.6) is 0 Å². The van der Waals surface area contributed by atoms with Crippen LogP contribution < -0.4 is 5.32 Å². The van der Waals surface area contributed by atoms with E-state index in [2.05, 4.69) is 5.32 Å². The third-order valence-corrected chi connectivity index (χ3v) is 2.30. The van der Waals surface area contributed by atoms with Gasteiger partial charge in [0.05, 0.1) is 0 Å². The van der Waals surface area contributed by atoms with Crippen LogP contribution in [0.15, 0.2) is 0 Å². The Kier molecular flexibility index (Phi) is 5.77. The molecule has 3 nitrogen and oxygen atoms in total. The molecule has 0 spiro atoms. The highest BCUT2D eigenvalue weighted by Crippen LogP contribution is 2.27. The first-order chi connectivity index (χ1) is 6.55. The average molecular weight is 201 g/mol. The van der Waals surface area contributed by atoms with Gasteiger partial charge in [0.1, 0.15) is 0 Å². The number of carbonyl (C=O) groups excluding carboxylic acids is 1. The molecule has 0 aromatic heterocycles. The summed E-state index contributed by atoms with van der Waals surface area (Å²) >= 11 is 0. The summed E-state index contributed by atoms with van der Waals surface area (Å²) in [6, 6.07) is 0. The van der Waals surface area contributed by atoms with E-state index in [1.807, 2.05) is 27.7 Å². The normalized spacial score (nSPS) is 23.8. The number of hydrogen-bond donors (Lipinski definition) is 2. The summed E-state index contributed by atoms with van der Waals surface area (Å²) in [7, 11) is 0. The third-order valence-electron chi connectivity index (χ3n) is 2.30. The molecule has 0 aromatic carbocycles. The summed E-state index contributed by atoms with van der Waals surface area (Å²) in [6.07, 6.45) is 2.44. The average Bonchev–Trinajstić information content (AvgIpc) is 2.39. The Morgan fingerprint density at radius 1 is 1.50 bits per heavy atom. The third kappa shape index (κ3) is 4.09. The molecular formula is C11H23NO2. The van der Waals surface area contributed by atoms with E-state index < -0.39 is 0 Å². The van der Waals surface area contributed by atoms with Gasteiger partial charge in [-0.3, -0.25) is 4.79 Å². The second-order valence-electron chi connectivity index (χ2n) is 4.14. The summed E-state index contributed by atoms with van der Waals surface area (Å²) < 4.78 is 0. The van der Waals surface area contributed by atoms with Gasteiger partial charge >= 0.3 is 0 Å². The topological polar surface area (TPSA) is 49.3 Å². The molecular weight excluding hydrogens is 178 g/mol. The number of carbonyl (C=O) groups is 1. The van der Waals surface area contributed by atoms with Gasteiger partial charge in [0.25, 0.3) is 0 Å². The molecule has 1 amide bonds. The molecule has 3 heteroatoms. The summed E-state index contributed by atoms with van der Waals surface area (Å²) in [4.78, 5) is 11.3. The monoisotopic (exact) mass is 201 g/mol. The van der Waals surface area contributed by atoms with Gasteiger partial charge < -0.3 is 10.4 Å². The van der Waals surface area contributed by atoms with E-state index in [-0.39, 0.29) is 24.0 Å². The van der Waals surface area contributed by atoms with Gasteiger partial charge in [-0.15, -0.1) is 0 Å². The molecule has 0 bridgehead atoms. The van der Waals surface area contributed by atoms with Crippen molar-refractivity contribution in [3.63, 3.8) is 0 Å². The molecule has 1 heterocycles. The van der Waals surface area contributed by atoms with Gasteiger partial charge in [-0.05, 0) is 33.1 Å². The molecule has 1 unspecified atom stereocenters. The number of hydrogen-bond acceptors (Lipinski definition) is 2. The van der Waals surface area contributed by atoms with Crippen molar-refractivity contribution in [3.8, 4) is 0 Å². The Bertz CT molecular complexity index is 178. The molecule has 0 saturated carbocycles. The summed E-state index contributed by atoms with van der Waals surface area (Å²) in [5.41, 5.74) is -0.0444. The maximum Gasteiger partial charge on any atom is 0.223 e. The minimum Gasteiger partial charge on any atom is -0.396 e. The molecule has 2 N–H and O–H groups in total. The van der Waals surface area contributed by atoms with Crippen molar-refractivity contribution in [3.05, 3.63) is 0 Å². The molecule has 1 fully saturated rings. The molecule has 0 aliphatic carbocycles. The standard InChI is InChI=1S/C9H17NO2.C2H6/c1-9(2)6-7(4-3-5-11)8(12)10-9;1-2/h7,11H,3-6H2,1-2H3,(H,10,12);1-2H3. The lowest BCUT2D eigenvalue weighted by Crippen LogP contribution is -2.34. The molecule has 1 aliphatic rings. The Hall–Kier alpha value is -0.570. The highest BCUT2D eigenvalue weighted by atomic mass is 16.3. The van der Waals surface area contributed by atoms with Crippen LogP contribution in [0.3, 0.4) is 0 Å². The highest BCUT2D eigenvalue weighted by molar-refractivity contribution is 5.81. The highest BCUT2D eigenvalue weighted by Gasteiger charge is 2.36. The Balaban J connectivity index is 0.000000791. The molecule has 1 rings (SSSR count). The van der Waals surface area contributed by atoms with Crippen molar-refractivity contribution >= 4 is 5.91 Å². The Labute approximate surface area is 86.9 Å². The van der Waals surface area contributed by atoms with Crippen molar-refractivity contribution in [2.24, 2.45) is 5.92 Å². The first-order valence-electron chi connectivity index (χ1n) is 5.48. The van der Waals surface area contributed by atoms with Gasteiger partial charge in [-0.25, -0.2) is 0 Å². The van der Waals surface area contributed by atoms with Crippen molar-refractivity contribution < 1.29 is 9.90 Å². The maximum atomic E-state index is 11.3. The largest absolute Gasteiger partial charge is 0.396 e. The molecule has 1 atom stereocenters. The number of aliphatic hydroxyl groups excluding tert-OH is 1. The lowest BCUT2D eigenvalue weighted by molar-refractivity contribution is -0.123. The van der Waals surface area contributed by atoms with Gasteiger partial charge in [-0.1, -0.05) is 13.8 Å². The molecule has 0 radical (unpaired) electrons. The van der Waals surface area contributed by atoms with E-state index in [0.29, 0.717) is 0 Å². The van der Waals surface area contributed by atoms with E-state index in [1.54, 1.807) is 0 Å². The van der Waals surface area contributed by atoms with E-state index in [0.717, 1.165) is 19.3 Å². The molecule has 0 aromatic rings. The fourth-order valence-electron chi connectivity index (χ4n) is 1.77. The van der Waals surface area contributed by atoms with E-state index in [1.165, 1.54) is 0 Å². The first-order valence-corrected chi connectivity index (χ1v) is 5.48. The molecule has 1 aliphatic heterocycles. The molecule has 84 valence electrons. The van der Waals surface area contributed by atoms with E-state index in [9.17, 15) is 4.79 Å². The van der Waals surface area contributed by atoms with Gasteiger partial charge in [0.15, 0.2) is 0 Å². The lowest BCUT2D eigenvalue weighted by Gasteiger charge is -2.16. The number of aliphatic hydroxyl groups is 1. The van der Waals surface area contributed by atoms with Crippen molar-refractivity contribution in [2.75, 3.05) is 6.61 Å². The number of rotatable bonds is 3. The summed E-state index contributed by atoms with van der Waals surface area (Å²) in [6.45, 7) is 8.25. The fraction of sp³-hybridized carbons (Fsp3) is 0.909. The van der Waals surface area contributed by atoms with Crippen LogP contribution in [0.4, 0.5) is 0 Å². The van der Waals surface area contributed by atoms with Gasteiger partial charge in [0, 0.05) is 18.1 Å². The van der Waals surface area contributed by atoms with Gasteiger partial charge in [-0.2, -0.15) is 0 Å². The van der Waals surface area contributed by atoms with Crippen LogP contribution >= 0.6 is 0 Å². The lowest BCUT2D eigenvalue weighted by atomic mass is 9.93. The van der Waals surface area contributed by atoms with Crippen LogP contribution in [0.25, 0.3) is 0 Å². The van der Waals surface area contributed by atoms with E-state index >= 15 is 0 Å². The minimum atomic E-state index is -0.0444. The van der Waals surface area contributed by atoms with Crippen LogP contribution in [0.2, 0.25) is 0 Å². The van der Waals surface area contributed by atoms with Crippen LogP contribution in [-0.4, -0.2) is 23.2 Å². The maximum absolute atomic E-state index is 11.3. The smallest absolute Gasteiger partial charge is 0.223 e. The summed E-state index contributed by atoms with van der Waals surface area (Å²) in [5, 5.41) is 11.5. The minimum absolute atomic E-state index is 0.0444. The number of nitrogens with one attached hydrogen (secondary N) is 1. The van der Waals surface area contributed by atoms with Crippen LogP contribution in [0.1, 0.15) is 47.0 Å². The quantitative estimate of drug-likeness (QED) is 0.730. The first kappa shape index (κ1) is 13.4. The predicted molar refractivity (Wildman–Crippen MR) is 58.0 cm³/mol. The SMILES string of the molecule is CC.CC1(C)CC(CCCO)C(=O)N1. The zero-order chi connectivity index (χ0) is 11.2. The fourth-order valence-corrected chi connectivity index (χ4v) is 1.77. The van der Waals surface area contributed by atoms with Crippen molar-refractivity contribution in [1.82, 2.24) is 5.32 Å². The zero-order valence-corrected chi connectivity index (χ0v) is 9.76. The van der Waals surface area contributed by atoms with Gasteiger partial charge in [0.2, 0.25) is 5.91 Å². The zero-order valence-electron chi connectivity index (χ0n) is 9.76. The predicted octanol–water partition coefficient (Wildman–Crippen LogP) is 1.70. The van der Waals surface area contributed by atoms with Crippen molar-refractivity contribution in [2.45, 2.75) is 52.5 Å². The van der Waals surface area contributed by atoms with E-state index in [4.69, 9.17) is 5.11 Å². The second-order valence-corrected chi connectivity index (χ2v) is 4.14. The molecule has 14 heavy (non-hydrogen) atoms. The Morgan fingerprint density at radius 2 is 2.07 bits per heavy atom. The van der Waals surface area contributed by atoms with Crippen LogP contribution in [0, 0.1) is 5.92 Å². The van der Waals surface area contributed by atoms with Crippen LogP contribution in [-0.2, 0) is 4.79 Å². The Morgan fingerprint density at radius 3 is 2.43 bits per heavy atom.